The minimum atomic E-state index is -0.965. The first-order valence-corrected chi connectivity index (χ1v) is 13.2. The van der Waals surface area contributed by atoms with Crippen molar-refractivity contribution < 1.29 is 29.3 Å². The average molecular weight is 499 g/mol. The topological polar surface area (TPSA) is 101 Å². The molecule has 0 bridgehead atoms. The van der Waals surface area contributed by atoms with Gasteiger partial charge in [-0.25, -0.2) is 4.79 Å². The second kappa shape index (κ2) is 12.7. The zero-order valence-electron chi connectivity index (χ0n) is 20.4. The Morgan fingerprint density at radius 1 is 1.26 bits per heavy atom. The third-order valence-corrected chi connectivity index (χ3v) is 7.51. The molecule has 0 aliphatic heterocycles. The minimum absolute atomic E-state index is 0.0146. The number of aryl methyl sites for hydroxylation is 1. The van der Waals surface area contributed by atoms with E-state index in [4.69, 9.17) is 4.74 Å². The van der Waals surface area contributed by atoms with Crippen molar-refractivity contribution in [3.63, 3.8) is 0 Å². The molecule has 188 valence electrons. The number of fused-ring (bicyclic) bond motifs is 1. The van der Waals surface area contributed by atoms with E-state index in [0.717, 1.165) is 48.8 Å². The van der Waals surface area contributed by atoms with E-state index in [-0.39, 0.29) is 29.8 Å². The first kappa shape index (κ1) is 26.7. The van der Waals surface area contributed by atoms with Gasteiger partial charge in [0.05, 0.1) is 12.5 Å². The number of allylic oxidation sites excluding steroid dienone is 1. The maximum atomic E-state index is 13.0. The molecule has 1 aliphatic rings. The van der Waals surface area contributed by atoms with E-state index in [1.165, 1.54) is 11.3 Å². The maximum absolute atomic E-state index is 13.0. The van der Waals surface area contributed by atoms with Gasteiger partial charge in [0.25, 0.3) is 0 Å². The number of rotatable bonds is 12. The van der Waals surface area contributed by atoms with Crippen LogP contribution < -0.4 is 0 Å². The van der Waals surface area contributed by atoms with Gasteiger partial charge < -0.3 is 14.9 Å². The summed E-state index contributed by atoms with van der Waals surface area (Å²) in [5.74, 6) is -1.73. The molecule has 2 N–H and O–H groups in total. The molecule has 0 amide bonds. The summed E-state index contributed by atoms with van der Waals surface area (Å²) in [6.45, 7) is 4.03. The number of ketones is 1. The lowest BCUT2D eigenvalue weighted by Gasteiger charge is -2.25. The predicted molar refractivity (Wildman–Crippen MR) is 136 cm³/mol. The van der Waals surface area contributed by atoms with Crippen LogP contribution in [0.15, 0.2) is 41.3 Å². The molecule has 0 fully saturated rings. The van der Waals surface area contributed by atoms with Crippen molar-refractivity contribution in [2.45, 2.75) is 71.1 Å². The van der Waals surface area contributed by atoms with Crippen molar-refractivity contribution in [2.24, 2.45) is 5.92 Å². The monoisotopic (exact) mass is 498 g/mol. The average Bonchev–Trinajstić information content (AvgIpc) is 3.30. The van der Waals surface area contributed by atoms with Crippen LogP contribution in [0.1, 0.15) is 84.7 Å². The summed E-state index contributed by atoms with van der Waals surface area (Å²) in [7, 11) is 0. The number of aliphatic carboxylic acids is 1. The van der Waals surface area contributed by atoms with Crippen LogP contribution in [0.3, 0.4) is 0 Å². The van der Waals surface area contributed by atoms with Gasteiger partial charge in [-0.05, 0) is 85.2 Å². The van der Waals surface area contributed by atoms with Crippen molar-refractivity contribution in [1.82, 2.24) is 0 Å². The fourth-order valence-electron chi connectivity index (χ4n) is 4.47. The standard InChI is InChI=1S/C28H34O6S/c1-3-4-12-34-28(33)26-13-19(17-35-26)8-9-20(18(2)27(31)32)14-24(30)16-22-7-5-6-21-15-23(29)10-11-25(21)22/h9-11,13,15,17-18,22,29H,3-8,12,14,16H2,1-2H3,(H,31,32)/b20-9-/t18-,22?/m0/s1. The normalized spacial score (nSPS) is 16.4. The van der Waals surface area contributed by atoms with Gasteiger partial charge >= 0.3 is 11.9 Å². The van der Waals surface area contributed by atoms with Gasteiger partial charge in [-0.1, -0.05) is 31.1 Å². The number of benzene rings is 1. The summed E-state index contributed by atoms with van der Waals surface area (Å²) in [6.07, 6.45) is 7.25. The smallest absolute Gasteiger partial charge is 0.348 e. The van der Waals surface area contributed by atoms with Crippen LogP contribution in [0, 0.1) is 5.92 Å². The number of unbranched alkanes of at least 4 members (excludes halogenated alkanes) is 1. The predicted octanol–water partition coefficient (Wildman–Crippen LogP) is 6.07. The second-order valence-corrected chi connectivity index (χ2v) is 10.2. The summed E-state index contributed by atoms with van der Waals surface area (Å²) in [6, 6.07) is 7.11. The molecule has 0 spiro atoms. The van der Waals surface area contributed by atoms with E-state index in [1.807, 2.05) is 24.4 Å². The molecule has 1 heterocycles. The molecule has 0 radical (unpaired) electrons. The molecule has 1 unspecified atom stereocenters. The highest BCUT2D eigenvalue weighted by molar-refractivity contribution is 7.12. The number of esters is 1. The van der Waals surface area contributed by atoms with Gasteiger partial charge in [0.15, 0.2) is 0 Å². The van der Waals surface area contributed by atoms with Crippen LogP contribution in [-0.4, -0.2) is 34.5 Å². The number of carbonyl (C=O) groups excluding carboxylic acids is 2. The summed E-state index contributed by atoms with van der Waals surface area (Å²) >= 11 is 1.31. The van der Waals surface area contributed by atoms with Gasteiger partial charge in [0.1, 0.15) is 16.4 Å². The number of carboxylic acid groups (broad SMARTS) is 1. The number of Topliss-reactive ketones (excluding diaryl/α,β-unsaturated/α-hetero) is 1. The lowest BCUT2D eigenvalue weighted by Crippen LogP contribution is -2.18. The molecular weight excluding hydrogens is 464 g/mol. The van der Waals surface area contributed by atoms with Gasteiger partial charge in [-0.2, -0.15) is 0 Å². The fourth-order valence-corrected chi connectivity index (χ4v) is 5.28. The minimum Gasteiger partial charge on any atom is -0.508 e. The van der Waals surface area contributed by atoms with Gasteiger partial charge in [-0.3, -0.25) is 9.59 Å². The van der Waals surface area contributed by atoms with Gasteiger partial charge in [-0.15, -0.1) is 11.3 Å². The Bertz CT molecular complexity index is 1080. The van der Waals surface area contributed by atoms with Crippen LogP contribution in [0.2, 0.25) is 0 Å². The Morgan fingerprint density at radius 2 is 2.06 bits per heavy atom. The van der Waals surface area contributed by atoms with E-state index < -0.39 is 11.9 Å². The summed E-state index contributed by atoms with van der Waals surface area (Å²) < 4.78 is 5.25. The van der Waals surface area contributed by atoms with Crippen LogP contribution in [0.5, 0.6) is 5.75 Å². The highest BCUT2D eigenvalue weighted by atomic mass is 32.1. The van der Waals surface area contributed by atoms with E-state index in [1.54, 1.807) is 25.1 Å². The zero-order chi connectivity index (χ0) is 25.4. The lowest BCUT2D eigenvalue weighted by molar-refractivity contribution is -0.139. The Kier molecular flexibility index (Phi) is 9.66. The molecule has 1 aliphatic carbocycles. The SMILES string of the molecule is CCCCOC(=O)c1cc(C/C=C(/CC(=O)CC2CCCc3cc(O)ccc32)[C@H](C)C(=O)O)cs1. The van der Waals surface area contributed by atoms with Crippen molar-refractivity contribution in [2.75, 3.05) is 6.61 Å². The summed E-state index contributed by atoms with van der Waals surface area (Å²) in [5, 5.41) is 21.2. The van der Waals surface area contributed by atoms with Crippen molar-refractivity contribution >= 4 is 29.1 Å². The molecule has 35 heavy (non-hydrogen) atoms. The Morgan fingerprint density at radius 3 is 2.80 bits per heavy atom. The van der Waals surface area contributed by atoms with Crippen molar-refractivity contribution in [1.29, 1.82) is 0 Å². The lowest BCUT2D eigenvalue weighted by atomic mass is 9.79. The molecule has 1 aromatic carbocycles. The van der Waals surface area contributed by atoms with E-state index in [0.29, 0.717) is 29.9 Å². The third-order valence-electron chi connectivity index (χ3n) is 6.55. The summed E-state index contributed by atoms with van der Waals surface area (Å²) in [4.78, 5) is 37.4. The van der Waals surface area contributed by atoms with Crippen molar-refractivity contribution in [3.05, 3.63) is 62.9 Å². The van der Waals surface area contributed by atoms with Crippen LogP contribution in [0.25, 0.3) is 0 Å². The number of phenols is 1. The Labute approximate surface area is 210 Å². The largest absolute Gasteiger partial charge is 0.508 e. The molecule has 7 heteroatoms. The number of carboxylic acids is 1. The number of thiophene rings is 1. The van der Waals surface area contributed by atoms with Gasteiger partial charge in [0.2, 0.25) is 0 Å². The van der Waals surface area contributed by atoms with Crippen LogP contribution in [0.4, 0.5) is 0 Å². The van der Waals surface area contributed by atoms with Crippen molar-refractivity contribution in [3.8, 4) is 5.75 Å². The first-order valence-electron chi connectivity index (χ1n) is 12.3. The molecule has 1 aromatic heterocycles. The highest BCUT2D eigenvalue weighted by Gasteiger charge is 2.25. The molecule has 2 aromatic rings. The number of hydrogen-bond acceptors (Lipinski definition) is 6. The maximum Gasteiger partial charge on any atom is 0.348 e. The molecule has 6 nitrogen and oxygen atoms in total. The number of carbonyl (C=O) groups is 3. The summed E-state index contributed by atoms with van der Waals surface area (Å²) in [5.41, 5.74) is 3.67. The van der Waals surface area contributed by atoms with E-state index in [2.05, 4.69) is 0 Å². The Hall–Kier alpha value is -2.93. The van der Waals surface area contributed by atoms with Crippen LogP contribution in [-0.2, 0) is 27.2 Å². The third kappa shape index (κ3) is 7.52. The Balaban J connectivity index is 1.66. The van der Waals surface area contributed by atoms with Gasteiger partial charge in [0, 0.05) is 12.8 Å². The molecular formula is C28H34O6S. The molecule has 2 atom stereocenters. The molecule has 0 saturated carbocycles. The fraction of sp³-hybridized carbons (Fsp3) is 0.464. The highest BCUT2D eigenvalue weighted by Crippen LogP contribution is 2.36. The quantitative estimate of drug-likeness (QED) is 0.209. The zero-order valence-corrected chi connectivity index (χ0v) is 21.2. The van der Waals surface area contributed by atoms with E-state index >= 15 is 0 Å². The number of aromatic hydroxyl groups is 1. The molecule has 0 saturated heterocycles. The number of ether oxygens (including phenoxy) is 1. The second-order valence-electron chi connectivity index (χ2n) is 9.24. The number of phenolic OH excluding ortho intramolecular Hbond substituents is 1. The number of hydrogen-bond donors (Lipinski definition) is 2. The van der Waals surface area contributed by atoms with Crippen LogP contribution >= 0.6 is 11.3 Å². The molecule has 3 rings (SSSR count). The van der Waals surface area contributed by atoms with E-state index in [9.17, 15) is 24.6 Å². The first-order chi connectivity index (χ1) is 16.8.